The largest absolute Gasteiger partial charge is 0.452 e. The van der Waals surface area contributed by atoms with Crippen LogP contribution in [0.25, 0.3) is 21.5 Å². The zero-order valence-electron chi connectivity index (χ0n) is 17.6. The van der Waals surface area contributed by atoms with Gasteiger partial charge in [0, 0.05) is 13.1 Å². The maximum atomic E-state index is 13.1. The summed E-state index contributed by atoms with van der Waals surface area (Å²) in [7, 11) is 0. The van der Waals surface area contributed by atoms with Gasteiger partial charge in [0.1, 0.15) is 0 Å². The minimum absolute atomic E-state index is 0.148. The molecule has 0 N–H and O–H groups in total. The number of carbonyl (C=O) groups is 2. The molecule has 29 heavy (non-hydrogen) atoms. The van der Waals surface area contributed by atoms with Crippen molar-refractivity contribution in [3.05, 3.63) is 60.2 Å². The number of fused-ring (bicyclic) bond motifs is 2. The lowest BCUT2D eigenvalue weighted by atomic mass is 9.97. The molecule has 0 bridgehead atoms. The monoisotopic (exact) mass is 391 g/mol. The van der Waals surface area contributed by atoms with Gasteiger partial charge in [0.05, 0.1) is 5.56 Å². The summed E-state index contributed by atoms with van der Waals surface area (Å²) in [6.45, 7) is 9.39. The number of rotatable bonds is 7. The number of hydrogen-bond acceptors (Lipinski definition) is 3. The minimum Gasteiger partial charge on any atom is -0.452 e. The number of esters is 1. The van der Waals surface area contributed by atoms with Gasteiger partial charge in [0.25, 0.3) is 5.91 Å². The Balaban J connectivity index is 1.86. The maximum absolute atomic E-state index is 13.1. The third kappa shape index (κ3) is 4.94. The summed E-state index contributed by atoms with van der Waals surface area (Å²) >= 11 is 0. The van der Waals surface area contributed by atoms with Crippen molar-refractivity contribution >= 4 is 33.4 Å². The fraction of sp³-hybridized carbons (Fsp3) is 0.360. The highest BCUT2D eigenvalue weighted by molar-refractivity contribution is 6.16. The van der Waals surface area contributed by atoms with Crippen molar-refractivity contribution < 1.29 is 14.3 Å². The topological polar surface area (TPSA) is 46.6 Å². The van der Waals surface area contributed by atoms with Gasteiger partial charge in [-0.3, -0.25) is 4.79 Å². The van der Waals surface area contributed by atoms with E-state index in [0.29, 0.717) is 30.5 Å². The first-order valence-electron chi connectivity index (χ1n) is 10.2. The van der Waals surface area contributed by atoms with Crippen LogP contribution in [-0.4, -0.2) is 36.5 Å². The molecule has 152 valence electrons. The van der Waals surface area contributed by atoms with Crippen molar-refractivity contribution in [1.29, 1.82) is 0 Å². The summed E-state index contributed by atoms with van der Waals surface area (Å²) in [5.41, 5.74) is 0.519. The van der Waals surface area contributed by atoms with Crippen LogP contribution in [0.3, 0.4) is 0 Å². The average Bonchev–Trinajstić information content (AvgIpc) is 2.68. The first-order chi connectivity index (χ1) is 13.9. The van der Waals surface area contributed by atoms with Crippen LogP contribution in [0.5, 0.6) is 0 Å². The lowest BCUT2D eigenvalue weighted by molar-refractivity contribution is -0.135. The summed E-state index contributed by atoms with van der Waals surface area (Å²) in [5, 5.41) is 3.63. The fourth-order valence-electron chi connectivity index (χ4n) is 3.68. The van der Waals surface area contributed by atoms with Gasteiger partial charge in [-0.1, -0.05) is 76.2 Å². The van der Waals surface area contributed by atoms with E-state index in [1.165, 1.54) is 0 Å². The highest BCUT2D eigenvalue weighted by Gasteiger charge is 2.21. The van der Waals surface area contributed by atoms with E-state index in [9.17, 15) is 9.59 Å². The molecule has 0 heterocycles. The van der Waals surface area contributed by atoms with E-state index in [0.717, 1.165) is 21.5 Å². The molecule has 0 aliphatic rings. The van der Waals surface area contributed by atoms with Gasteiger partial charge < -0.3 is 9.64 Å². The average molecular weight is 392 g/mol. The normalized spacial score (nSPS) is 11.4. The third-order valence-electron chi connectivity index (χ3n) is 4.83. The van der Waals surface area contributed by atoms with E-state index in [2.05, 4.69) is 33.8 Å². The van der Waals surface area contributed by atoms with Gasteiger partial charge in [-0.25, -0.2) is 4.79 Å². The summed E-state index contributed by atoms with van der Waals surface area (Å²) in [6.07, 6.45) is 0. The molecule has 3 aromatic carbocycles. The van der Waals surface area contributed by atoms with Crippen LogP contribution in [-0.2, 0) is 9.53 Å². The standard InChI is InChI=1S/C25H29NO3/c1-17(2)14-26(15-18(3)4)23(27)16-29-25(28)24-21-11-7-5-9-19(21)13-20-10-6-8-12-22(20)24/h5-13,17-18H,14-16H2,1-4H3. The molecule has 0 aliphatic heterocycles. The van der Waals surface area contributed by atoms with Crippen molar-refractivity contribution in [3.8, 4) is 0 Å². The minimum atomic E-state index is -0.458. The third-order valence-corrected chi connectivity index (χ3v) is 4.83. The van der Waals surface area contributed by atoms with Crippen LogP contribution in [0.15, 0.2) is 54.6 Å². The molecule has 0 atom stereocenters. The van der Waals surface area contributed by atoms with Crippen LogP contribution in [0.1, 0.15) is 38.1 Å². The Morgan fingerprint density at radius 1 is 0.828 bits per heavy atom. The molecule has 0 spiro atoms. The maximum Gasteiger partial charge on any atom is 0.339 e. The van der Waals surface area contributed by atoms with Crippen LogP contribution < -0.4 is 0 Å². The lowest BCUT2D eigenvalue weighted by Gasteiger charge is -2.26. The number of benzene rings is 3. The molecule has 0 radical (unpaired) electrons. The highest BCUT2D eigenvalue weighted by Crippen LogP contribution is 2.29. The second-order valence-corrected chi connectivity index (χ2v) is 8.36. The van der Waals surface area contributed by atoms with Crippen molar-refractivity contribution in [2.24, 2.45) is 11.8 Å². The molecule has 0 aliphatic carbocycles. The Hall–Kier alpha value is -2.88. The fourth-order valence-corrected chi connectivity index (χ4v) is 3.68. The van der Waals surface area contributed by atoms with Crippen molar-refractivity contribution in [1.82, 2.24) is 4.90 Å². The molecule has 0 fully saturated rings. The Morgan fingerprint density at radius 3 is 1.79 bits per heavy atom. The molecule has 0 aromatic heterocycles. The smallest absolute Gasteiger partial charge is 0.339 e. The van der Waals surface area contributed by atoms with Crippen LogP contribution >= 0.6 is 0 Å². The molecule has 0 unspecified atom stereocenters. The molecule has 4 nitrogen and oxygen atoms in total. The summed E-state index contributed by atoms with van der Waals surface area (Å²) < 4.78 is 5.52. The van der Waals surface area contributed by atoms with Gasteiger partial charge >= 0.3 is 5.97 Å². The van der Waals surface area contributed by atoms with Crippen LogP contribution in [0.2, 0.25) is 0 Å². The molecule has 3 rings (SSSR count). The zero-order valence-corrected chi connectivity index (χ0v) is 17.6. The Morgan fingerprint density at radius 2 is 1.31 bits per heavy atom. The Kier molecular flexibility index (Phi) is 6.53. The molecular weight excluding hydrogens is 362 g/mol. The summed E-state index contributed by atoms with van der Waals surface area (Å²) in [6, 6.07) is 17.6. The molecule has 4 heteroatoms. The lowest BCUT2D eigenvalue weighted by Crippen LogP contribution is -2.39. The second kappa shape index (κ2) is 9.08. The molecule has 1 amide bonds. The number of amides is 1. The molecule has 0 saturated carbocycles. The van der Waals surface area contributed by atoms with E-state index < -0.39 is 5.97 Å². The molecular formula is C25H29NO3. The van der Waals surface area contributed by atoms with Crippen LogP contribution in [0.4, 0.5) is 0 Å². The van der Waals surface area contributed by atoms with E-state index in [1.54, 1.807) is 4.90 Å². The Bertz CT molecular complexity index is 959. The predicted octanol–water partition coefficient (Wildman–Crippen LogP) is 5.29. The first kappa shape index (κ1) is 20.8. The molecule has 0 saturated heterocycles. The SMILES string of the molecule is CC(C)CN(CC(C)C)C(=O)COC(=O)c1c2ccccc2cc2ccccc12. The Labute approximate surface area is 172 Å². The second-order valence-electron chi connectivity index (χ2n) is 8.36. The number of nitrogens with zero attached hydrogens (tertiary/aromatic N) is 1. The van der Waals surface area contributed by atoms with Crippen LogP contribution in [0, 0.1) is 11.8 Å². The number of carbonyl (C=O) groups excluding carboxylic acids is 2. The highest BCUT2D eigenvalue weighted by atomic mass is 16.5. The zero-order chi connectivity index (χ0) is 21.0. The number of ether oxygens (including phenoxy) is 1. The van der Waals surface area contributed by atoms with Gasteiger partial charge in [-0.15, -0.1) is 0 Å². The number of hydrogen-bond donors (Lipinski definition) is 0. The predicted molar refractivity (Wildman–Crippen MR) is 118 cm³/mol. The first-order valence-corrected chi connectivity index (χ1v) is 10.2. The van der Waals surface area contributed by atoms with Gasteiger partial charge in [0.15, 0.2) is 6.61 Å². The van der Waals surface area contributed by atoms with Gasteiger partial charge in [0.2, 0.25) is 0 Å². The summed E-state index contributed by atoms with van der Waals surface area (Å²) in [5.74, 6) is 0.108. The van der Waals surface area contributed by atoms with Crippen molar-refractivity contribution in [2.45, 2.75) is 27.7 Å². The molecule has 3 aromatic rings. The van der Waals surface area contributed by atoms with E-state index in [-0.39, 0.29) is 12.5 Å². The quantitative estimate of drug-likeness (QED) is 0.406. The van der Waals surface area contributed by atoms with Crippen molar-refractivity contribution in [2.75, 3.05) is 19.7 Å². The van der Waals surface area contributed by atoms with E-state index >= 15 is 0 Å². The summed E-state index contributed by atoms with van der Waals surface area (Å²) in [4.78, 5) is 27.6. The van der Waals surface area contributed by atoms with Gasteiger partial charge in [-0.05, 0) is 39.4 Å². The van der Waals surface area contributed by atoms with Crippen molar-refractivity contribution in [3.63, 3.8) is 0 Å². The van der Waals surface area contributed by atoms with Gasteiger partial charge in [-0.2, -0.15) is 0 Å². The van der Waals surface area contributed by atoms with E-state index in [4.69, 9.17) is 4.74 Å². The van der Waals surface area contributed by atoms with E-state index in [1.807, 2.05) is 48.5 Å².